The minimum atomic E-state index is -2.64. The molecule has 0 spiro atoms. The van der Waals surface area contributed by atoms with E-state index >= 15 is 0 Å². The minimum Gasteiger partial charge on any atom is -0.481 e. The van der Waals surface area contributed by atoms with Crippen molar-refractivity contribution in [1.82, 2.24) is 0 Å². The van der Waals surface area contributed by atoms with Crippen molar-refractivity contribution in [3.05, 3.63) is 132 Å². The third kappa shape index (κ3) is 8.01. The summed E-state index contributed by atoms with van der Waals surface area (Å²) in [6.07, 6.45) is 1.49. The lowest BCUT2D eigenvalue weighted by Crippen LogP contribution is -2.60. The van der Waals surface area contributed by atoms with Crippen molar-refractivity contribution in [2.45, 2.75) is 37.8 Å². The highest BCUT2D eigenvalue weighted by atomic mass is 28.3. The van der Waals surface area contributed by atoms with Crippen LogP contribution in [0.25, 0.3) is 0 Å². The normalized spacial score (nSPS) is 12.9. The maximum Gasteiger partial charge on any atom is 0.303 e. The van der Waals surface area contributed by atoms with Gasteiger partial charge in [-0.05, 0) is 47.9 Å². The summed E-state index contributed by atoms with van der Waals surface area (Å²) in [6, 6.07) is 42.5. The maximum absolute atomic E-state index is 12.1. The van der Waals surface area contributed by atoms with Gasteiger partial charge in [-0.2, -0.15) is 0 Å². The van der Waals surface area contributed by atoms with Crippen LogP contribution in [-0.2, 0) is 22.4 Å². The van der Waals surface area contributed by atoms with E-state index in [1.54, 1.807) is 0 Å². The molecule has 0 saturated heterocycles. The Morgan fingerprint density at radius 3 is 1.13 bits per heavy atom. The smallest absolute Gasteiger partial charge is 0.303 e. The van der Waals surface area contributed by atoms with E-state index in [1.807, 2.05) is 72.8 Å². The highest BCUT2D eigenvalue weighted by Gasteiger charge is 2.42. The lowest BCUT2D eigenvalue weighted by atomic mass is 9.97. The molecular formula is C34H36O4Si. The summed E-state index contributed by atoms with van der Waals surface area (Å²) < 4.78 is 0. The number of carbonyl (C=O) groups is 2. The van der Waals surface area contributed by atoms with Gasteiger partial charge in [0.05, 0.1) is 0 Å². The molecule has 200 valence electrons. The molecule has 0 saturated carbocycles. The summed E-state index contributed by atoms with van der Waals surface area (Å²) in [5, 5.41) is 22.3. The molecule has 0 aromatic heterocycles. The third-order valence-electron chi connectivity index (χ3n) is 7.59. The van der Waals surface area contributed by atoms with Gasteiger partial charge in [0.2, 0.25) is 0 Å². The first-order valence-electron chi connectivity index (χ1n) is 13.6. The van der Waals surface area contributed by atoms with Gasteiger partial charge < -0.3 is 10.2 Å². The second-order valence-corrected chi connectivity index (χ2v) is 14.7. The van der Waals surface area contributed by atoms with Gasteiger partial charge in [0, 0.05) is 12.8 Å². The lowest BCUT2D eigenvalue weighted by molar-refractivity contribution is -0.138. The van der Waals surface area contributed by atoms with E-state index in [2.05, 4.69) is 48.5 Å². The molecule has 2 N–H and O–H groups in total. The molecule has 5 heteroatoms. The molecule has 4 rings (SSSR count). The van der Waals surface area contributed by atoms with Crippen LogP contribution in [0, 0.1) is 11.8 Å². The van der Waals surface area contributed by atoms with Gasteiger partial charge in [-0.15, -0.1) is 0 Å². The molecule has 0 aliphatic carbocycles. The number of aliphatic carboxylic acids is 2. The van der Waals surface area contributed by atoms with Crippen LogP contribution < -0.4 is 10.4 Å². The van der Waals surface area contributed by atoms with Crippen LogP contribution in [0.5, 0.6) is 0 Å². The SMILES string of the molecule is O=C(O)C[C@H](Cc1ccccc1)C[Si](C[C@H](CC(=O)O)Cc1ccccc1)(c1ccccc1)c1ccccc1. The summed E-state index contributed by atoms with van der Waals surface area (Å²) in [5.41, 5.74) is 2.25. The number of benzene rings is 4. The summed E-state index contributed by atoms with van der Waals surface area (Å²) in [7, 11) is -2.64. The molecule has 4 aromatic rings. The van der Waals surface area contributed by atoms with Crippen molar-refractivity contribution in [3.8, 4) is 0 Å². The Morgan fingerprint density at radius 2 is 0.821 bits per heavy atom. The van der Waals surface area contributed by atoms with Crippen molar-refractivity contribution in [3.63, 3.8) is 0 Å². The number of carboxylic acids is 2. The molecule has 0 aliphatic rings. The summed E-state index contributed by atoms with van der Waals surface area (Å²) >= 11 is 0. The van der Waals surface area contributed by atoms with Crippen molar-refractivity contribution in [1.29, 1.82) is 0 Å². The van der Waals surface area contributed by atoms with E-state index in [-0.39, 0.29) is 24.7 Å². The van der Waals surface area contributed by atoms with Gasteiger partial charge in [0.15, 0.2) is 0 Å². The first-order chi connectivity index (χ1) is 18.9. The second-order valence-electron chi connectivity index (χ2n) is 10.5. The van der Waals surface area contributed by atoms with E-state index in [0.29, 0.717) is 12.8 Å². The molecule has 0 heterocycles. The Hall–Kier alpha value is -3.96. The third-order valence-corrected chi connectivity index (χ3v) is 13.0. The van der Waals surface area contributed by atoms with Crippen LogP contribution in [0.1, 0.15) is 24.0 Å². The van der Waals surface area contributed by atoms with E-state index in [4.69, 9.17) is 0 Å². The van der Waals surface area contributed by atoms with Crippen LogP contribution >= 0.6 is 0 Å². The molecular weight excluding hydrogens is 500 g/mol. The van der Waals surface area contributed by atoms with Crippen LogP contribution in [-0.4, -0.2) is 30.2 Å². The van der Waals surface area contributed by atoms with Gasteiger partial charge >= 0.3 is 11.9 Å². The lowest BCUT2D eigenvalue weighted by Gasteiger charge is -2.38. The monoisotopic (exact) mass is 536 g/mol. The van der Waals surface area contributed by atoms with Crippen LogP contribution in [0.4, 0.5) is 0 Å². The fraction of sp³-hybridized carbons (Fsp3) is 0.235. The molecule has 0 aliphatic heterocycles. The zero-order valence-corrected chi connectivity index (χ0v) is 23.2. The second kappa shape index (κ2) is 13.7. The van der Waals surface area contributed by atoms with Gasteiger partial charge in [0.1, 0.15) is 8.07 Å². The van der Waals surface area contributed by atoms with E-state index in [9.17, 15) is 19.8 Å². The van der Waals surface area contributed by atoms with Crippen molar-refractivity contribution in [2.24, 2.45) is 11.8 Å². The van der Waals surface area contributed by atoms with Gasteiger partial charge in [-0.1, -0.05) is 132 Å². The fourth-order valence-electron chi connectivity index (χ4n) is 6.04. The Morgan fingerprint density at radius 1 is 0.513 bits per heavy atom. The molecule has 39 heavy (non-hydrogen) atoms. The maximum atomic E-state index is 12.1. The van der Waals surface area contributed by atoms with Crippen molar-refractivity contribution >= 4 is 30.4 Å². The van der Waals surface area contributed by atoms with Gasteiger partial charge in [0.25, 0.3) is 0 Å². The standard InChI is InChI=1S/C34H36O4Si/c35-33(36)23-29(21-27-13-5-1-6-14-27)25-39(31-17-9-3-10-18-31,32-19-11-4-12-20-32)26-30(24-34(37)38)22-28-15-7-2-8-16-28/h1-20,29-30H,21-26H2,(H,35,36)(H,37,38)/t29-,30-/m0/s1. The Balaban J connectivity index is 1.82. The number of hydrogen-bond donors (Lipinski definition) is 2. The van der Waals surface area contributed by atoms with Crippen molar-refractivity contribution < 1.29 is 19.8 Å². The number of carboxylic acid groups (broad SMARTS) is 2. The number of hydrogen-bond acceptors (Lipinski definition) is 2. The zero-order valence-electron chi connectivity index (χ0n) is 22.2. The zero-order chi connectivity index (χ0) is 27.5. The largest absolute Gasteiger partial charge is 0.481 e. The predicted octanol–water partition coefficient (Wildman–Crippen LogP) is 5.92. The molecule has 2 atom stereocenters. The van der Waals surface area contributed by atoms with Gasteiger partial charge in [-0.3, -0.25) is 9.59 Å². The highest BCUT2D eigenvalue weighted by Crippen LogP contribution is 2.32. The Bertz CT molecular complexity index is 1210. The van der Waals surface area contributed by atoms with Crippen LogP contribution in [0.2, 0.25) is 12.1 Å². The average molecular weight is 537 g/mol. The highest BCUT2D eigenvalue weighted by molar-refractivity contribution is 7.02. The van der Waals surface area contributed by atoms with Crippen LogP contribution in [0.15, 0.2) is 121 Å². The topological polar surface area (TPSA) is 74.6 Å². The fourth-order valence-corrected chi connectivity index (χ4v) is 11.7. The molecule has 0 unspecified atom stereocenters. The first-order valence-corrected chi connectivity index (χ1v) is 16.0. The van der Waals surface area contributed by atoms with Crippen molar-refractivity contribution in [2.75, 3.05) is 0 Å². The first kappa shape index (κ1) is 28.1. The summed E-state index contributed by atoms with van der Waals surface area (Å²) in [5.74, 6) is -1.77. The van der Waals surface area contributed by atoms with E-state index < -0.39 is 20.0 Å². The number of rotatable bonds is 14. The predicted molar refractivity (Wildman–Crippen MR) is 159 cm³/mol. The van der Waals surface area contributed by atoms with E-state index in [1.165, 1.54) is 10.4 Å². The molecule has 4 nitrogen and oxygen atoms in total. The molecule has 0 bridgehead atoms. The van der Waals surface area contributed by atoms with E-state index in [0.717, 1.165) is 23.2 Å². The molecule has 0 amide bonds. The van der Waals surface area contributed by atoms with Gasteiger partial charge in [-0.25, -0.2) is 0 Å². The van der Waals surface area contributed by atoms with Crippen LogP contribution in [0.3, 0.4) is 0 Å². The molecule has 0 radical (unpaired) electrons. The minimum absolute atomic E-state index is 0.0750. The molecule has 4 aromatic carbocycles. The quantitative estimate of drug-likeness (QED) is 0.196. The average Bonchev–Trinajstić information content (AvgIpc) is 2.94. The Kier molecular flexibility index (Phi) is 9.87. The Labute approximate surface area is 232 Å². The summed E-state index contributed by atoms with van der Waals surface area (Å²) in [4.78, 5) is 24.2. The molecule has 0 fully saturated rings. The summed E-state index contributed by atoms with van der Waals surface area (Å²) in [6.45, 7) is 0.